The van der Waals surface area contributed by atoms with Crippen LogP contribution in [0.2, 0.25) is 5.02 Å². The summed E-state index contributed by atoms with van der Waals surface area (Å²) >= 11 is 6.07. The Labute approximate surface area is 181 Å². The van der Waals surface area contributed by atoms with Gasteiger partial charge < -0.3 is 9.47 Å². The van der Waals surface area contributed by atoms with Gasteiger partial charge in [0.2, 0.25) is 5.91 Å². The van der Waals surface area contributed by atoms with E-state index < -0.39 is 0 Å². The molecule has 0 N–H and O–H groups in total. The van der Waals surface area contributed by atoms with Gasteiger partial charge in [-0.2, -0.15) is 0 Å². The van der Waals surface area contributed by atoms with E-state index in [1.54, 1.807) is 18.7 Å². The second-order valence-corrected chi connectivity index (χ2v) is 8.71. The number of hydrogen-bond donors (Lipinski definition) is 0. The topological polar surface area (TPSA) is 54.3 Å². The quantitative estimate of drug-likeness (QED) is 0.646. The molecule has 2 fully saturated rings. The number of pyridine rings is 1. The lowest BCUT2D eigenvalue weighted by Crippen LogP contribution is -2.59. The first-order valence-electron chi connectivity index (χ1n) is 10.3. The van der Waals surface area contributed by atoms with Crippen LogP contribution in [0.1, 0.15) is 12.8 Å². The van der Waals surface area contributed by atoms with Crippen LogP contribution in [0.15, 0.2) is 55.1 Å². The maximum absolute atomic E-state index is 13.2. The van der Waals surface area contributed by atoms with E-state index in [9.17, 15) is 4.79 Å². The van der Waals surface area contributed by atoms with Crippen molar-refractivity contribution >= 4 is 17.5 Å². The predicted octanol–water partition coefficient (Wildman–Crippen LogP) is 3.57. The first-order chi connectivity index (χ1) is 14.6. The molecule has 0 aliphatic carbocycles. The fourth-order valence-electron chi connectivity index (χ4n) is 4.62. The van der Waals surface area contributed by atoms with Crippen molar-refractivity contribution in [2.24, 2.45) is 0 Å². The largest absolute Gasteiger partial charge is 0.339 e. The van der Waals surface area contributed by atoms with E-state index >= 15 is 0 Å². The van der Waals surface area contributed by atoms with Crippen LogP contribution in [0.5, 0.6) is 0 Å². The van der Waals surface area contributed by atoms with Crippen LogP contribution < -0.4 is 0 Å². The molecule has 1 spiro atoms. The van der Waals surface area contributed by atoms with E-state index in [4.69, 9.17) is 11.6 Å². The number of likely N-dealkylation sites (N-methyl/N-ethyl adjacent to an activating group) is 1. The van der Waals surface area contributed by atoms with E-state index in [0.29, 0.717) is 5.02 Å². The molecule has 154 valence electrons. The van der Waals surface area contributed by atoms with Crippen molar-refractivity contribution in [1.29, 1.82) is 0 Å². The van der Waals surface area contributed by atoms with Crippen LogP contribution in [0.4, 0.5) is 0 Å². The molecule has 2 saturated heterocycles. The average molecular weight is 422 g/mol. The molecule has 0 bridgehead atoms. The molecule has 0 saturated carbocycles. The Balaban J connectivity index is 1.45. The normalized spacial score (nSPS) is 21.2. The fraction of sp³-hybridized carbons (Fsp3) is 0.348. The summed E-state index contributed by atoms with van der Waals surface area (Å²) in [5, 5.41) is 0.683. The summed E-state index contributed by atoms with van der Waals surface area (Å²) in [7, 11) is 2.16. The molecule has 1 amide bonds. The van der Waals surface area contributed by atoms with E-state index in [1.807, 2.05) is 45.9 Å². The molecule has 0 radical (unpaired) electrons. The Kier molecular flexibility index (Phi) is 4.83. The van der Waals surface area contributed by atoms with Crippen LogP contribution in [0.3, 0.4) is 0 Å². The van der Waals surface area contributed by atoms with Crippen LogP contribution in [0, 0.1) is 0 Å². The third kappa shape index (κ3) is 3.30. The molecule has 3 aromatic rings. The summed E-state index contributed by atoms with van der Waals surface area (Å²) in [5.41, 5.74) is 3.91. The maximum Gasteiger partial charge on any atom is 0.242 e. The number of amides is 1. The number of aromatic nitrogens is 3. The van der Waals surface area contributed by atoms with Crippen molar-refractivity contribution < 1.29 is 4.79 Å². The van der Waals surface area contributed by atoms with Crippen molar-refractivity contribution in [1.82, 2.24) is 24.3 Å². The second kappa shape index (κ2) is 7.52. The van der Waals surface area contributed by atoms with Gasteiger partial charge in [0.25, 0.3) is 0 Å². The minimum atomic E-state index is 0.141. The Morgan fingerprint density at radius 2 is 1.80 bits per heavy atom. The molecule has 4 heterocycles. The molecule has 6 nitrogen and oxygen atoms in total. The highest BCUT2D eigenvalue weighted by atomic mass is 35.5. The van der Waals surface area contributed by atoms with Crippen molar-refractivity contribution in [2.45, 2.75) is 24.9 Å². The van der Waals surface area contributed by atoms with Crippen LogP contribution in [-0.4, -0.2) is 62.5 Å². The highest BCUT2D eigenvalue weighted by Gasteiger charge is 2.48. The van der Waals surface area contributed by atoms with Gasteiger partial charge in [0, 0.05) is 53.7 Å². The van der Waals surface area contributed by atoms with Gasteiger partial charge in [-0.3, -0.25) is 14.7 Å². The average Bonchev–Trinajstić information content (AvgIpc) is 3.40. The van der Waals surface area contributed by atoms with Gasteiger partial charge in [0.15, 0.2) is 0 Å². The molecule has 5 rings (SSSR count). The summed E-state index contributed by atoms with van der Waals surface area (Å²) in [4.78, 5) is 26.3. The van der Waals surface area contributed by atoms with Gasteiger partial charge in [-0.25, -0.2) is 4.98 Å². The molecule has 1 unspecified atom stereocenters. The molecule has 1 aromatic carbocycles. The van der Waals surface area contributed by atoms with E-state index in [0.717, 1.165) is 48.6 Å². The first kappa shape index (κ1) is 19.3. The number of benzene rings is 1. The molecule has 30 heavy (non-hydrogen) atoms. The van der Waals surface area contributed by atoms with Crippen molar-refractivity contribution in [3.8, 4) is 22.5 Å². The Morgan fingerprint density at radius 1 is 1.07 bits per heavy atom. The summed E-state index contributed by atoms with van der Waals surface area (Å²) in [5.74, 6) is 0.141. The van der Waals surface area contributed by atoms with E-state index in [1.165, 1.54) is 6.42 Å². The summed E-state index contributed by atoms with van der Waals surface area (Å²) < 4.78 is 1.96. The number of rotatable bonds is 4. The second-order valence-electron chi connectivity index (χ2n) is 8.27. The van der Waals surface area contributed by atoms with Crippen molar-refractivity contribution in [3.05, 3.63) is 60.1 Å². The van der Waals surface area contributed by atoms with Gasteiger partial charge in [-0.05, 0) is 44.2 Å². The lowest BCUT2D eigenvalue weighted by Gasteiger charge is -2.48. The van der Waals surface area contributed by atoms with Crippen LogP contribution in [0.25, 0.3) is 22.5 Å². The summed E-state index contributed by atoms with van der Waals surface area (Å²) in [6.45, 7) is 3.05. The number of carbonyl (C=O) groups excluding carboxylic acids is 1. The van der Waals surface area contributed by atoms with Gasteiger partial charge in [-0.1, -0.05) is 23.7 Å². The summed E-state index contributed by atoms with van der Waals surface area (Å²) in [6.07, 6.45) is 7.53. The highest BCUT2D eigenvalue weighted by Crippen LogP contribution is 2.38. The molecular weight excluding hydrogens is 398 g/mol. The van der Waals surface area contributed by atoms with E-state index in [-0.39, 0.29) is 18.0 Å². The molecule has 2 aromatic heterocycles. The molecular formula is C23H24ClN5O. The first-order valence-corrected chi connectivity index (χ1v) is 10.6. The van der Waals surface area contributed by atoms with Crippen molar-refractivity contribution in [2.75, 3.05) is 26.7 Å². The lowest BCUT2D eigenvalue weighted by molar-refractivity contribution is -0.131. The zero-order valence-electron chi connectivity index (χ0n) is 17.0. The van der Waals surface area contributed by atoms with Gasteiger partial charge >= 0.3 is 0 Å². The summed E-state index contributed by atoms with van der Waals surface area (Å²) in [6, 6.07) is 11.5. The Hall–Kier alpha value is -2.70. The van der Waals surface area contributed by atoms with Crippen LogP contribution >= 0.6 is 11.6 Å². The maximum atomic E-state index is 13.2. The zero-order chi connectivity index (χ0) is 20.7. The number of carbonyl (C=O) groups is 1. The minimum Gasteiger partial charge on any atom is -0.339 e. The smallest absolute Gasteiger partial charge is 0.242 e. The third-order valence-electron chi connectivity index (χ3n) is 6.62. The SMILES string of the molecule is CN1CCC12CCN(C(=O)Cn1cnc(-c3ccc(Cl)cc3)c1-c1ccncc1)C2. The Bertz CT molecular complexity index is 1060. The lowest BCUT2D eigenvalue weighted by atomic mass is 9.85. The highest BCUT2D eigenvalue weighted by molar-refractivity contribution is 6.30. The van der Waals surface area contributed by atoms with Gasteiger partial charge in [0.1, 0.15) is 6.54 Å². The van der Waals surface area contributed by atoms with Gasteiger partial charge in [-0.15, -0.1) is 0 Å². The number of likely N-dealkylation sites (tertiary alicyclic amines) is 2. The third-order valence-corrected chi connectivity index (χ3v) is 6.87. The molecule has 2 aliphatic heterocycles. The monoisotopic (exact) mass is 421 g/mol. The van der Waals surface area contributed by atoms with Gasteiger partial charge in [0.05, 0.1) is 17.7 Å². The predicted molar refractivity (Wildman–Crippen MR) is 117 cm³/mol. The number of nitrogens with zero attached hydrogens (tertiary/aromatic N) is 5. The minimum absolute atomic E-state index is 0.141. The van der Waals surface area contributed by atoms with Crippen molar-refractivity contribution in [3.63, 3.8) is 0 Å². The number of halogens is 1. The zero-order valence-corrected chi connectivity index (χ0v) is 17.7. The number of hydrogen-bond acceptors (Lipinski definition) is 4. The van der Waals surface area contributed by atoms with Crippen LogP contribution in [-0.2, 0) is 11.3 Å². The number of imidazole rings is 1. The standard InChI is InChI=1S/C23H24ClN5O/c1-27-12-8-23(27)9-13-28(15-23)20(30)14-29-16-26-21(17-2-4-19(24)5-3-17)22(29)18-6-10-25-11-7-18/h2-7,10-11,16H,8-9,12-15H2,1H3. The fourth-order valence-corrected chi connectivity index (χ4v) is 4.74. The molecule has 1 atom stereocenters. The Morgan fingerprint density at radius 3 is 2.43 bits per heavy atom. The molecule has 7 heteroatoms. The van der Waals surface area contributed by atoms with E-state index in [2.05, 4.69) is 21.9 Å². The molecule has 2 aliphatic rings.